The van der Waals surface area contributed by atoms with Gasteiger partial charge in [0.25, 0.3) is 0 Å². The summed E-state index contributed by atoms with van der Waals surface area (Å²) in [4.78, 5) is 12.9. The summed E-state index contributed by atoms with van der Waals surface area (Å²) in [5.41, 5.74) is 5.38. The van der Waals surface area contributed by atoms with Gasteiger partial charge in [0.1, 0.15) is 6.04 Å². The van der Waals surface area contributed by atoms with Gasteiger partial charge in [0.2, 0.25) is 0 Å². The average Bonchev–Trinajstić information content (AvgIpc) is 2.47. The van der Waals surface area contributed by atoms with E-state index in [1.54, 1.807) is 11.3 Å². The molecule has 3 nitrogen and oxygen atoms in total. The molecular formula is C9H13NO2S. The molecule has 0 aliphatic heterocycles. The predicted octanol–water partition coefficient (Wildman–Crippen LogP) is 1.40. The third-order valence-corrected chi connectivity index (χ3v) is 2.88. The lowest BCUT2D eigenvalue weighted by atomic mass is 10.1. The molecule has 0 fully saturated rings. The van der Waals surface area contributed by atoms with Crippen molar-refractivity contribution in [2.45, 2.75) is 25.8 Å². The van der Waals surface area contributed by atoms with Gasteiger partial charge in [-0.05, 0) is 31.9 Å². The molecule has 0 bridgehead atoms. The first-order chi connectivity index (χ1) is 6.09. The molecule has 1 atom stereocenters. The number of carboxylic acid groups (broad SMARTS) is 1. The molecule has 1 heterocycles. The monoisotopic (exact) mass is 199 g/mol. The number of thiophene rings is 1. The third-order valence-electron chi connectivity index (χ3n) is 1.81. The standard InChI is InChI=1S/C9H13NO2S/c1-6-2-3-7(13-6)4-5-8(10)9(11)12/h2-3,8H,4-5,10H2,1H3,(H,11,12)/t8-/m0/s1. The van der Waals surface area contributed by atoms with Crippen LogP contribution in [0.1, 0.15) is 16.2 Å². The fraction of sp³-hybridized carbons (Fsp3) is 0.444. The first-order valence-electron chi connectivity index (χ1n) is 4.13. The topological polar surface area (TPSA) is 63.3 Å². The molecule has 72 valence electrons. The quantitative estimate of drug-likeness (QED) is 0.770. The van der Waals surface area contributed by atoms with Crippen LogP contribution in [-0.4, -0.2) is 17.1 Å². The van der Waals surface area contributed by atoms with Crippen molar-refractivity contribution in [3.05, 3.63) is 21.9 Å². The zero-order chi connectivity index (χ0) is 9.84. The van der Waals surface area contributed by atoms with Gasteiger partial charge in [-0.1, -0.05) is 0 Å². The van der Waals surface area contributed by atoms with Crippen molar-refractivity contribution in [1.29, 1.82) is 0 Å². The summed E-state index contributed by atoms with van der Waals surface area (Å²) in [5, 5.41) is 8.54. The van der Waals surface area contributed by atoms with Gasteiger partial charge in [0, 0.05) is 9.75 Å². The van der Waals surface area contributed by atoms with Gasteiger partial charge in [0.15, 0.2) is 0 Å². The summed E-state index contributed by atoms with van der Waals surface area (Å²) in [5.74, 6) is -0.923. The molecule has 1 aromatic rings. The van der Waals surface area contributed by atoms with Crippen molar-refractivity contribution in [3.63, 3.8) is 0 Å². The maximum Gasteiger partial charge on any atom is 0.320 e. The van der Waals surface area contributed by atoms with Crippen LogP contribution in [0, 0.1) is 6.92 Å². The Morgan fingerprint density at radius 2 is 2.38 bits per heavy atom. The van der Waals surface area contributed by atoms with Crippen molar-refractivity contribution in [2.75, 3.05) is 0 Å². The normalized spacial score (nSPS) is 12.8. The Morgan fingerprint density at radius 3 is 2.85 bits per heavy atom. The van der Waals surface area contributed by atoms with Crippen molar-refractivity contribution in [3.8, 4) is 0 Å². The van der Waals surface area contributed by atoms with Crippen LogP contribution in [0.4, 0.5) is 0 Å². The van der Waals surface area contributed by atoms with E-state index in [0.29, 0.717) is 6.42 Å². The number of rotatable bonds is 4. The molecule has 1 rings (SSSR count). The van der Waals surface area contributed by atoms with Crippen LogP contribution in [0.3, 0.4) is 0 Å². The van der Waals surface area contributed by atoms with Gasteiger partial charge in [-0.2, -0.15) is 0 Å². The summed E-state index contributed by atoms with van der Waals surface area (Å²) < 4.78 is 0. The van der Waals surface area contributed by atoms with Crippen LogP contribution >= 0.6 is 11.3 Å². The predicted molar refractivity (Wildman–Crippen MR) is 53.0 cm³/mol. The van der Waals surface area contributed by atoms with E-state index in [1.165, 1.54) is 9.75 Å². The smallest absolute Gasteiger partial charge is 0.320 e. The number of carboxylic acids is 1. The van der Waals surface area contributed by atoms with Gasteiger partial charge < -0.3 is 10.8 Å². The van der Waals surface area contributed by atoms with E-state index >= 15 is 0 Å². The fourth-order valence-electron chi connectivity index (χ4n) is 1.04. The van der Waals surface area contributed by atoms with Gasteiger partial charge in [0.05, 0.1) is 0 Å². The van der Waals surface area contributed by atoms with Crippen LogP contribution in [0.5, 0.6) is 0 Å². The lowest BCUT2D eigenvalue weighted by Crippen LogP contribution is -2.30. The molecule has 0 radical (unpaired) electrons. The van der Waals surface area contributed by atoms with E-state index in [4.69, 9.17) is 10.8 Å². The van der Waals surface area contributed by atoms with Crippen molar-refractivity contribution < 1.29 is 9.90 Å². The number of hydrogen-bond acceptors (Lipinski definition) is 3. The number of nitrogens with two attached hydrogens (primary N) is 1. The van der Waals surface area contributed by atoms with Crippen molar-refractivity contribution in [1.82, 2.24) is 0 Å². The second kappa shape index (κ2) is 4.39. The Kier molecular flexibility index (Phi) is 3.45. The Morgan fingerprint density at radius 1 is 1.69 bits per heavy atom. The summed E-state index contributed by atoms with van der Waals surface area (Å²) >= 11 is 1.69. The molecule has 3 N–H and O–H groups in total. The molecule has 13 heavy (non-hydrogen) atoms. The van der Waals surface area contributed by atoms with Gasteiger partial charge >= 0.3 is 5.97 Å². The number of aliphatic carboxylic acids is 1. The van der Waals surface area contributed by atoms with Crippen LogP contribution in [0.25, 0.3) is 0 Å². The minimum absolute atomic E-state index is 0.509. The van der Waals surface area contributed by atoms with E-state index < -0.39 is 12.0 Å². The van der Waals surface area contributed by atoms with E-state index in [0.717, 1.165) is 6.42 Å². The molecule has 1 aromatic heterocycles. The highest BCUT2D eigenvalue weighted by Gasteiger charge is 2.11. The highest BCUT2D eigenvalue weighted by molar-refractivity contribution is 7.11. The van der Waals surface area contributed by atoms with E-state index in [9.17, 15) is 4.79 Å². The molecule has 0 aromatic carbocycles. The van der Waals surface area contributed by atoms with Crippen LogP contribution in [0.2, 0.25) is 0 Å². The maximum atomic E-state index is 10.4. The maximum absolute atomic E-state index is 10.4. The van der Waals surface area contributed by atoms with Crippen LogP contribution in [-0.2, 0) is 11.2 Å². The summed E-state index contributed by atoms with van der Waals surface area (Å²) in [6.45, 7) is 2.03. The minimum atomic E-state index is -0.923. The molecule has 0 amide bonds. The van der Waals surface area contributed by atoms with Crippen molar-refractivity contribution >= 4 is 17.3 Å². The second-order valence-electron chi connectivity index (χ2n) is 3.00. The molecule has 0 unspecified atom stereocenters. The second-order valence-corrected chi connectivity index (χ2v) is 4.37. The Hall–Kier alpha value is -0.870. The van der Waals surface area contributed by atoms with Crippen molar-refractivity contribution in [2.24, 2.45) is 5.73 Å². The van der Waals surface area contributed by atoms with Gasteiger partial charge in [-0.25, -0.2) is 0 Å². The zero-order valence-electron chi connectivity index (χ0n) is 7.49. The fourth-order valence-corrected chi connectivity index (χ4v) is 1.95. The number of hydrogen-bond donors (Lipinski definition) is 2. The average molecular weight is 199 g/mol. The van der Waals surface area contributed by atoms with E-state index in [2.05, 4.69) is 0 Å². The summed E-state index contributed by atoms with van der Waals surface area (Å²) in [7, 11) is 0. The molecule has 0 saturated carbocycles. The van der Waals surface area contributed by atoms with Gasteiger partial charge in [-0.3, -0.25) is 4.79 Å². The van der Waals surface area contributed by atoms with Gasteiger partial charge in [-0.15, -0.1) is 11.3 Å². The first kappa shape index (κ1) is 10.2. The first-order valence-corrected chi connectivity index (χ1v) is 4.95. The number of aryl methyl sites for hydroxylation is 2. The molecule has 0 spiro atoms. The van der Waals surface area contributed by atoms with Crippen LogP contribution in [0.15, 0.2) is 12.1 Å². The molecule has 0 aliphatic carbocycles. The summed E-state index contributed by atoms with van der Waals surface area (Å²) in [6, 6.07) is 3.32. The highest BCUT2D eigenvalue weighted by Crippen LogP contribution is 2.16. The van der Waals surface area contributed by atoms with E-state index in [-0.39, 0.29) is 0 Å². The Labute approximate surface area is 81.2 Å². The lowest BCUT2D eigenvalue weighted by Gasteiger charge is -2.03. The molecule has 4 heteroatoms. The Bertz CT molecular complexity index is 296. The van der Waals surface area contributed by atoms with Crippen LogP contribution < -0.4 is 5.73 Å². The van der Waals surface area contributed by atoms with E-state index in [1.807, 2.05) is 19.1 Å². The highest BCUT2D eigenvalue weighted by atomic mass is 32.1. The third kappa shape index (κ3) is 3.16. The molecule has 0 aliphatic rings. The molecule has 0 saturated heterocycles. The zero-order valence-corrected chi connectivity index (χ0v) is 8.30. The largest absolute Gasteiger partial charge is 0.480 e. The number of carbonyl (C=O) groups is 1. The lowest BCUT2D eigenvalue weighted by molar-refractivity contribution is -0.138. The SMILES string of the molecule is Cc1ccc(CC[C@H](N)C(=O)O)s1. The minimum Gasteiger partial charge on any atom is -0.480 e. The molecular weight excluding hydrogens is 186 g/mol. The summed E-state index contributed by atoms with van der Waals surface area (Å²) in [6.07, 6.45) is 1.27. The Balaban J connectivity index is 2.39.